The van der Waals surface area contributed by atoms with E-state index in [1.54, 1.807) is 0 Å². The van der Waals surface area contributed by atoms with Gasteiger partial charge < -0.3 is 8.74 Å². The fraction of sp³-hybridized carbons (Fsp3) is 1.00. The summed E-state index contributed by atoms with van der Waals surface area (Å²) < 4.78 is 24.2. The van der Waals surface area contributed by atoms with Gasteiger partial charge in [0.1, 0.15) is 0 Å². The van der Waals surface area contributed by atoms with E-state index < -0.39 is 11.4 Å². The van der Waals surface area contributed by atoms with Crippen molar-refractivity contribution in [2.45, 2.75) is 45.4 Å². The zero-order valence-corrected chi connectivity index (χ0v) is 11.4. The van der Waals surface area contributed by atoms with Gasteiger partial charge in [0.2, 0.25) is 0 Å². The van der Waals surface area contributed by atoms with Gasteiger partial charge in [-0.3, -0.25) is 0 Å². The first-order valence-corrected chi connectivity index (χ1v) is 5.50. The summed E-state index contributed by atoms with van der Waals surface area (Å²) in [6.45, 7) is 2.51. The first-order chi connectivity index (χ1) is 5.77. The molecule has 0 aromatic rings. The molecule has 0 radical (unpaired) electrons. The molecule has 13 heavy (non-hydrogen) atoms. The first-order valence-electron chi connectivity index (χ1n) is 4.50. The van der Waals surface area contributed by atoms with Crippen molar-refractivity contribution in [2.75, 3.05) is 6.61 Å². The summed E-state index contributed by atoms with van der Waals surface area (Å²) >= 11 is -2.32. The average molecular weight is 216 g/mol. The number of unbranched alkanes of at least 4 members (excludes halogenated alkanes) is 5. The van der Waals surface area contributed by atoms with Gasteiger partial charge in [-0.1, -0.05) is 39.0 Å². The van der Waals surface area contributed by atoms with Crippen LogP contribution >= 0.6 is 0 Å². The van der Waals surface area contributed by atoms with Crippen LogP contribution in [0.25, 0.3) is 0 Å². The predicted octanol–water partition coefficient (Wildman–Crippen LogP) is -0.838. The van der Waals surface area contributed by atoms with Gasteiger partial charge in [-0.2, -0.15) is 0 Å². The molecule has 1 atom stereocenters. The molecule has 0 amide bonds. The van der Waals surface area contributed by atoms with Crippen molar-refractivity contribution < 1.29 is 42.5 Å². The van der Waals surface area contributed by atoms with Gasteiger partial charge in [-0.25, -0.2) is 4.21 Å². The maximum absolute atomic E-state index is 9.91. The third-order valence-corrected chi connectivity index (χ3v) is 2.04. The molecule has 0 aliphatic carbocycles. The second kappa shape index (κ2) is 13.1. The minimum atomic E-state index is -2.32. The Bertz CT molecular complexity index is 122. The van der Waals surface area contributed by atoms with E-state index in [0.717, 1.165) is 12.8 Å². The van der Waals surface area contributed by atoms with Crippen molar-refractivity contribution in [3.63, 3.8) is 0 Å². The summed E-state index contributed by atoms with van der Waals surface area (Å²) in [7, 11) is 0. The van der Waals surface area contributed by atoms with Gasteiger partial charge >= 0.3 is 29.6 Å². The van der Waals surface area contributed by atoms with E-state index in [1.807, 2.05) is 0 Å². The van der Waals surface area contributed by atoms with E-state index in [-0.39, 0.29) is 29.6 Å². The molecule has 0 rings (SSSR count). The Morgan fingerprint density at radius 3 is 2.23 bits per heavy atom. The molecule has 0 bridgehead atoms. The monoisotopic (exact) mass is 216 g/mol. The van der Waals surface area contributed by atoms with Crippen LogP contribution < -0.4 is 29.6 Å². The molecule has 0 saturated carbocycles. The summed E-state index contributed by atoms with van der Waals surface area (Å²) in [5.74, 6) is 0. The molecular weight excluding hydrogens is 199 g/mol. The quantitative estimate of drug-likeness (QED) is 0.302. The van der Waals surface area contributed by atoms with Crippen molar-refractivity contribution >= 4 is 11.4 Å². The fourth-order valence-corrected chi connectivity index (χ4v) is 1.26. The molecule has 0 N–H and O–H groups in total. The Morgan fingerprint density at radius 1 is 1.15 bits per heavy atom. The zero-order chi connectivity index (χ0) is 9.23. The van der Waals surface area contributed by atoms with Crippen LogP contribution in [0.4, 0.5) is 0 Å². The minimum Gasteiger partial charge on any atom is -0.750 e. The molecule has 0 heterocycles. The smallest absolute Gasteiger partial charge is 0.750 e. The van der Waals surface area contributed by atoms with Crippen molar-refractivity contribution in [1.82, 2.24) is 0 Å². The molecule has 5 heteroatoms. The number of hydrogen-bond acceptors (Lipinski definition) is 3. The Morgan fingerprint density at radius 2 is 1.69 bits per heavy atom. The van der Waals surface area contributed by atoms with Gasteiger partial charge in [-0.15, -0.1) is 0 Å². The summed E-state index contributed by atoms with van der Waals surface area (Å²) in [6, 6.07) is 0. The first kappa shape index (κ1) is 16.5. The Kier molecular flexibility index (Phi) is 16.6. The van der Waals surface area contributed by atoms with Crippen molar-refractivity contribution in [3.8, 4) is 0 Å². The largest absolute Gasteiger partial charge is 1.00 e. The van der Waals surface area contributed by atoms with Crippen molar-refractivity contribution in [3.05, 3.63) is 0 Å². The molecule has 74 valence electrons. The SMILES string of the molecule is CCCCCCCCOS(=O)[O-].[Na+]. The van der Waals surface area contributed by atoms with Crippen LogP contribution in [-0.2, 0) is 15.5 Å². The summed E-state index contributed by atoms with van der Waals surface area (Å²) in [6.07, 6.45) is 6.85. The maximum atomic E-state index is 9.91. The van der Waals surface area contributed by atoms with E-state index in [4.69, 9.17) is 0 Å². The summed E-state index contributed by atoms with van der Waals surface area (Å²) in [5, 5.41) is 0. The van der Waals surface area contributed by atoms with E-state index in [2.05, 4.69) is 11.1 Å². The zero-order valence-electron chi connectivity index (χ0n) is 8.58. The Balaban J connectivity index is 0. The van der Waals surface area contributed by atoms with Gasteiger partial charge in [0.05, 0.1) is 18.0 Å². The third-order valence-electron chi connectivity index (χ3n) is 1.68. The van der Waals surface area contributed by atoms with Crippen LogP contribution in [0.1, 0.15) is 45.4 Å². The molecule has 1 unspecified atom stereocenters. The maximum Gasteiger partial charge on any atom is 1.00 e. The summed E-state index contributed by atoms with van der Waals surface area (Å²) in [4.78, 5) is 0. The molecule has 0 aromatic carbocycles. The van der Waals surface area contributed by atoms with Crippen LogP contribution in [0.15, 0.2) is 0 Å². The summed E-state index contributed by atoms with van der Waals surface area (Å²) in [5.41, 5.74) is 0. The van der Waals surface area contributed by atoms with Gasteiger partial charge in [0.25, 0.3) is 0 Å². The normalized spacial score (nSPS) is 12.2. The van der Waals surface area contributed by atoms with Gasteiger partial charge in [0.15, 0.2) is 0 Å². The molecular formula is C8H17NaO3S. The van der Waals surface area contributed by atoms with Crippen LogP contribution in [0.3, 0.4) is 0 Å². The molecule has 0 aliphatic rings. The molecule has 0 spiro atoms. The van der Waals surface area contributed by atoms with Crippen LogP contribution in [0, 0.1) is 0 Å². The second-order valence-corrected chi connectivity index (χ2v) is 3.44. The van der Waals surface area contributed by atoms with Crippen LogP contribution in [0.2, 0.25) is 0 Å². The molecule has 3 nitrogen and oxygen atoms in total. The second-order valence-electron chi connectivity index (χ2n) is 2.79. The Hall–Kier alpha value is 1.07. The standard InChI is InChI=1S/C8H18O3S.Na/c1-2-3-4-5-6-7-8-11-12(9)10;/h2-8H2,1H3,(H,9,10);/q;+1/p-1. The van der Waals surface area contributed by atoms with E-state index in [1.165, 1.54) is 25.7 Å². The molecule has 0 saturated heterocycles. The van der Waals surface area contributed by atoms with Crippen LogP contribution in [0.5, 0.6) is 0 Å². The average Bonchev–Trinajstić information content (AvgIpc) is 2.02. The minimum absolute atomic E-state index is 0. The topological polar surface area (TPSA) is 49.4 Å². The molecule has 0 aliphatic heterocycles. The fourth-order valence-electron chi connectivity index (χ4n) is 1.01. The predicted molar refractivity (Wildman–Crippen MR) is 48.2 cm³/mol. The van der Waals surface area contributed by atoms with Gasteiger partial charge in [-0.05, 0) is 6.42 Å². The Labute approximate surface area is 105 Å². The number of rotatable bonds is 8. The van der Waals surface area contributed by atoms with Crippen molar-refractivity contribution in [2.24, 2.45) is 0 Å². The van der Waals surface area contributed by atoms with E-state index in [0.29, 0.717) is 6.61 Å². The van der Waals surface area contributed by atoms with Crippen molar-refractivity contribution in [1.29, 1.82) is 0 Å². The third kappa shape index (κ3) is 15.8. The molecule has 0 aromatic heterocycles. The van der Waals surface area contributed by atoms with E-state index >= 15 is 0 Å². The van der Waals surface area contributed by atoms with Gasteiger partial charge in [0, 0.05) is 0 Å². The molecule has 0 fully saturated rings. The van der Waals surface area contributed by atoms with Crippen LogP contribution in [-0.4, -0.2) is 15.4 Å². The van der Waals surface area contributed by atoms with E-state index in [9.17, 15) is 8.76 Å². The number of hydrogen-bond donors (Lipinski definition) is 0.